The highest BCUT2D eigenvalue weighted by Gasteiger charge is 1.93. The minimum Gasteiger partial charge on any atom is -0.253 e. The van der Waals surface area contributed by atoms with Crippen molar-refractivity contribution >= 4 is 22.5 Å². The van der Waals surface area contributed by atoms with E-state index in [9.17, 15) is 0 Å². The average Bonchev–Trinajstić information content (AvgIpc) is 1.83. The molecule has 0 bridgehead atoms. The van der Waals surface area contributed by atoms with Gasteiger partial charge in [0.25, 0.3) is 0 Å². The van der Waals surface area contributed by atoms with Crippen LogP contribution in [-0.2, 0) is 0 Å². The maximum atomic E-state index is 5.57. The zero-order valence-electron chi connectivity index (χ0n) is 5.65. The highest BCUT2D eigenvalue weighted by Crippen LogP contribution is 2.22. The molecule has 0 aliphatic heterocycles. The van der Waals surface area contributed by atoms with E-state index in [1.807, 2.05) is 0 Å². The fourth-order valence-corrected chi connectivity index (χ4v) is 2.70. The Morgan fingerprint density at radius 1 is 1.25 bits per heavy atom. The summed E-state index contributed by atoms with van der Waals surface area (Å²) in [6.07, 6.45) is 0. The molecule has 0 aliphatic rings. The number of hydrogen-bond acceptors (Lipinski definition) is 0. The minimum atomic E-state index is 0.312. The second-order valence-electron chi connectivity index (χ2n) is 1.72. The molecule has 0 saturated heterocycles. The van der Waals surface area contributed by atoms with Crippen molar-refractivity contribution in [3.8, 4) is 0 Å². The number of alkyl halides is 1. The predicted molar refractivity (Wildman–Crippen MR) is 45.7 cm³/mol. The largest absolute Gasteiger partial charge is 0.253 e. The third-order valence-corrected chi connectivity index (χ3v) is 4.39. The standard InChI is InChI=1S/C6H15ClS/c1-3-8(4-2)6-5-7/h8H,3-6H2,1-2H3. The van der Waals surface area contributed by atoms with Crippen LogP contribution in [0.25, 0.3) is 0 Å². The molecule has 0 aromatic carbocycles. The maximum Gasteiger partial charge on any atom is 0.0297 e. The first kappa shape index (κ1) is 8.64. The van der Waals surface area contributed by atoms with E-state index < -0.39 is 0 Å². The molecule has 0 amide bonds. The molecule has 0 unspecified atom stereocenters. The summed E-state index contributed by atoms with van der Waals surface area (Å²) >= 11 is 5.57. The van der Waals surface area contributed by atoms with Gasteiger partial charge < -0.3 is 0 Å². The second-order valence-corrected chi connectivity index (χ2v) is 5.15. The smallest absolute Gasteiger partial charge is 0.0297 e. The first-order valence-electron chi connectivity index (χ1n) is 3.13. The molecule has 0 aromatic rings. The van der Waals surface area contributed by atoms with E-state index in [-0.39, 0.29) is 0 Å². The van der Waals surface area contributed by atoms with Gasteiger partial charge in [-0.3, -0.25) is 10.9 Å². The lowest BCUT2D eigenvalue weighted by Crippen LogP contribution is -1.94. The third kappa shape index (κ3) is 3.62. The third-order valence-electron chi connectivity index (χ3n) is 1.30. The van der Waals surface area contributed by atoms with Crippen LogP contribution in [-0.4, -0.2) is 23.1 Å². The van der Waals surface area contributed by atoms with Gasteiger partial charge in [-0.1, -0.05) is 13.8 Å². The molecule has 0 aromatic heterocycles. The fraction of sp³-hybridized carbons (Fsp3) is 1.00. The molecule has 0 saturated carbocycles. The molecule has 0 atom stereocenters. The van der Waals surface area contributed by atoms with Gasteiger partial charge in [0, 0.05) is 5.88 Å². The van der Waals surface area contributed by atoms with Crippen LogP contribution < -0.4 is 0 Å². The van der Waals surface area contributed by atoms with Crippen molar-refractivity contribution in [1.82, 2.24) is 0 Å². The lowest BCUT2D eigenvalue weighted by Gasteiger charge is -2.14. The molecule has 0 heterocycles. The Morgan fingerprint density at radius 3 is 1.88 bits per heavy atom. The summed E-state index contributed by atoms with van der Waals surface area (Å²) in [4.78, 5) is 0. The minimum absolute atomic E-state index is 0.312. The molecule has 0 nitrogen and oxygen atoms in total. The number of thiol groups is 1. The highest BCUT2D eigenvalue weighted by molar-refractivity contribution is 8.17. The van der Waals surface area contributed by atoms with Gasteiger partial charge in [-0.05, 0) is 17.3 Å². The van der Waals surface area contributed by atoms with E-state index >= 15 is 0 Å². The Morgan fingerprint density at radius 2 is 1.75 bits per heavy atom. The van der Waals surface area contributed by atoms with Gasteiger partial charge in [0.1, 0.15) is 0 Å². The highest BCUT2D eigenvalue weighted by atomic mass is 35.5. The Kier molecular flexibility index (Phi) is 6.23. The van der Waals surface area contributed by atoms with Crippen molar-refractivity contribution in [2.75, 3.05) is 23.1 Å². The molecule has 0 rings (SSSR count). The van der Waals surface area contributed by atoms with Gasteiger partial charge in [-0.15, -0.1) is 11.6 Å². The Bertz CT molecular complexity index is 43.8. The van der Waals surface area contributed by atoms with E-state index in [1.165, 1.54) is 17.3 Å². The summed E-state index contributed by atoms with van der Waals surface area (Å²) in [7, 11) is 0.312. The first-order valence-corrected chi connectivity index (χ1v) is 5.56. The molecule has 8 heavy (non-hydrogen) atoms. The maximum absolute atomic E-state index is 5.57. The molecule has 0 N–H and O–H groups in total. The van der Waals surface area contributed by atoms with Crippen LogP contribution in [0.4, 0.5) is 0 Å². The summed E-state index contributed by atoms with van der Waals surface area (Å²) < 4.78 is 0. The van der Waals surface area contributed by atoms with Crippen molar-refractivity contribution in [2.24, 2.45) is 0 Å². The van der Waals surface area contributed by atoms with Crippen LogP contribution in [0.5, 0.6) is 0 Å². The number of hydrogen-bond donors (Lipinski definition) is 1. The Labute approximate surface area is 60.0 Å². The van der Waals surface area contributed by atoms with Gasteiger partial charge in [0.15, 0.2) is 0 Å². The van der Waals surface area contributed by atoms with Gasteiger partial charge in [-0.25, -0.2) is 0 Å². The molecular formula is C6H15ClS. The molecule has 2 heteroatoms. The van der Waals surface area contributed by atoms with E-state index in [0.29, 0.717) is 10.9 Å². The van der Waals surface area contributed by atoms with Crippen molar-refractivity contribution in [3.05, 3.63) is 0 Å². The quantitative estimate of drug-likeness (QED) is 0.466. The normalized spacial score (nSPS) is 11.6. The van der Waals surface area contributed by atoms with E-state index in [2.05, 4.69) is 13.8 Å². The lowest BCUT2D eigenvalue weighted by atomic mass is 10.9. The van der Waals surface area contributed by atoms with E-state index in [4.69, 9.17) is 11.6 Å². The summed E-state index contributed by atoms with van der Waals surface area (Å²) in [6, 6.07) is 0. The van der Waals surface area contributed by atoms with Crippen LogP contribution in [0, 0.1) is 0 Å². The van der Waals surface area contributed by atoms with Crippen molar-refractivity contribution in [3.63, 3.8) is 0 Å². The topological polar surface area (TPSA) is 0 Å². The molecular weight excluding hydrogens is 140 g/mol. The first-order chi connectivity index (χ1) is 3.85. The average molecular weight is 155 g/mol. The second kappa shape index (κ2) is 5.77. The van der Waals surface area contributed by atoms with Gasteiger partial charge in [-0.2, -0.15) is 0 Å². The van der Waals surface area contributed by atoms with E-state index in [1.54, 1.807) is 0 Å². The van der Waals surface area contributed by atoms with Crippen molar-refractivity contribution in [2.45, 2.75) is 13.8 Å². The summed E-state index contributed by atoms with van der Waals surface area (Å²) in [6.45, 7) is 4.50. The molecule has 52 valence electrons. The van der Waals surface area contributed by atoms with Gasteiger partial charge in [0.05, 0.1) is 0 Å². The molecule has 0 radical (unpaired) electrons. The van der Waals surface area contributed by atoms with Crippen LogP contribution in [0.2, 0.25) is 0 Å². The summed E-state index contributed by atoms with van der Waals surface area (Å²) in [5.41, 5.74) is 0. The van der Waals surface area contributed by atoms with Crippen molar-refractivity contribution in [1.29, 1.82) is 0 Å². The lowest BCUT2D eigenvalue weighted by molar-refractivity contribution is 1.38. The zero-order chi connectivity index (χ0) is 6.41. The van der Waals surface area contributed by atoms with Crippen LogP contribution in [0.15, 0.2) is 0 Å². The number of rotatable bonds is 4. The molecule has 0 aliphatic carbocycles. The van der Waals surface area contributed by atoms with Gasteiger partial charge in [0.2, 0.25) is 0 Å². The summed E-state index contributed by atoms with van der Waals surface area (Å²) in [5.74, 6) is 4.80. The molecule has 0 spiro atoms. The Balaban J connectivity index is 3.07. The van der Waals surface area contributed by atoms with Gasteiger partial charge >= 0.3 is 0 Å². The summed E-state index contributed by atoms with van der Waals surface area (Å²) in [5, 5.41) is 0. The predicted octanol–water partition coefficient (Wildman–Crippen LogP) is 2.27. The zero-order valence-corrected chi connectivity index (χ0v) is 7.30. The monoisotopic (exact) mass is 154 g/mol. The fourth-order valence-electron chi connectivity index (χ4n) is 0.659. The number of halogens is 1. The van der Waals surface area contributed by atoms with Crippen molar-refractivity contribution < 1.29 is 0 Å². The molecule has 0 fully saturated rings. The van der Waals surface area contributed by atoms with Crippen LogP contribution in [0.1, 0.15) is 13.8 Å². The SMILES string of the molecule is CC[SH](CC)CCCl. The van der Waals surface area contributed by atoms with Crippen LogP contribution >= 0.6 is 22.5 Å². The van der Waals surface area contributed by atoms with Crippen LogP contribution in [0.3, 0.4) is 0 Å². The Hall–Kier alpha value is 0.640. The van der Waals surface area contributed by atoms with E-state index in [0.717, 1.165) is 5.88 Å².